The van der Waals surface area contributed by atoms with E-state index in [0.29, 0.717) is 11.5 Å². The molecule has 0 unspecified atom stereocenters. The third-order valence-electron chi connectivity index (χ3n) is 18.9. The first-order valence-corrected chi connectivity index (χ1v) is 32.4. The fourth-order valence-electron chi connectivity index (χ4n) is 14.4. The van der Waals surface area contributed by atoms with Crippen molar-refractivity contribution in [2.24, 2.45) is 0 Å². The van der Waals surface area contributed by atoms with Crippen LogP contribution >= 0.6 is 0 Å². The van der Waals surface area contributed by atoms with Crippen LogP contribution in [0.4, 0.5) is 0 Å². The van der Waals surface area contributed by atoms with Gasteiger partial charge in [0.05, 0.1) is 67.2 Å². The Bertz CT molecular complexity index is 6170. The molecule has 5 heterocycles. The van der Waals surface area contributed by atoms with Crippen molar-refractivity contribution >= 4 is 87.2 Å². The second-order valence-corrected chi connectivity index (χ2v) is 24.4. The molecule has 5 aromatic heterocycles. The standard InChI is InChI=1S/C46H30N4.C43H27N3/c1-4-14-31(15-5-1)40-30-41(32-16-6-2-7-17-32)48-46(47-40)50-43-23-13-10-20-36(43)38-26-24-34(29-45(38)50)33-25-27-44-39(28-33)37-21-11-12-22-42(37)49(44)35-18-8-3-9-19-35;44-28-29-14-16-30(17-15-29)31-18-22-35(23-19-31)46-41-13-7-5-11-37(41)39-27-33(21-25-43(39)46)32-20-24-42-38(26-32)36-10-4-6-12-40(36)45(42)34-8-2-1-3-9-34/h1-30H;1-27H. The van der Waals surface area contributed by atoms with Gasteiger partial charge in [-0.3, -0.25) is 4.57 Å². The zero-order valence-corrected chi connectivity index (χ0v) is 52.0. The highest BCUT2D eigenvalue weighted by Crippen LogP contribution is 2.42. The van der Waals surface area contributed by atoms with Gasteiger partial charge >= 0.3 is 0 Å². The number of aromatic nitrogens is 6. The van der Waals surface area contributed by atoms with Crippen molar-refractivity contribution in [3.63, 3.8) is 0 Å². The second kappa shape index (κ2) is 23.2. The predicted octanol–water partition coefficient (Wildman–Crippen LogP) is 22.8. The number of nitrogens with zero attached hydrogens (tertiary/aromatic N) is 7. The molecule has 0 atom stereocenters. The minimum Gasteiger partial charge on any atom is -0.309 e. The number of nitriles is 1. The van der Waals surface area contributed by atoms with Gasteiger partial charge < -0.3 is 13.7 Å². The Hall–Kier alpha value is -13.2. The van der Waals surface area contributed by atoms with Crippen LogP contribution < -0.4 is 0 Å². The number of hydrogen-bond acceptors (Lipinski definition) is 3. The average molecular weight is 1220 g/mol. The summed E-state index contributed by atoms with van der Waals surface area (Å²) in [7, 11) is 0. The van der Waals surface area contributed by atoms with Crippen LogP contribution in [0.1, 0.15) is 5.56 Å². The molecule has 19 rings (SSSR count). The molecule has 448 valence electrons. The van der Waals surface area contributed by atoms with E-state index in [-0.39, 0.29) is 0 Å². The van der Waals surface area contributed by atoms with Crippen molar-refractivity contribution < 1.29 is 0 Å². The monoisotopic (exact) mass is 1220 g/mol. The number of fused-ring (bicyclic) bond motifs is 12. The van der Waals surface area contributed by atoms with E-state index in [9.17, 15) is 0 Å². The van der Waals surface area contributed by atoms with E-state index < -0.39 is 0 Å². The topological polar surface area (TPSA) is 69.3 Å². The molecule has 0 N–H and O–H groups in total. The Morgan fingerprint density at radius 2 is 0.510 bits per heavy atom. The van der Waals surface area contributed by atoms with Crippen LogP contribution in [0.5, 0.6) is 0 Å². The van der Waals surface area contributed by atoms with Crippen LogP contribution in [0.25, 0.3) is 166 Å². The lowest BCUT2D eigenvalue weighted by Gasteiger charge is -2.12. The van der Waals surface area contributed by atoms with Gasteiger partial charge in [-0.15, -0.1) is 0 Å². The summed E-state index contributed by atoms with van der Waals surface area (Å²) in [5, 5.41) is 18.9. The zero-order valence-electron chi connectivity index (χ0n) is 52.0. The molecule has 0 bridgehead atoms. The Morgan fingerprint density at radius 3 is 0.927 bits per heavy atom. The van der Waals surface area contributed by atoms with Crippen LogP contribution in [0, 0.1) is 11.3 Å². The molecule has 7 nitrogen and oxygen atoms in total. The Balaban J connectivity index is 0.000000141. The van der Waals surface area contributed by atoms with Gasteiger partial charge in [0.2, 0.25) is 5.95 Å². The Kier molecular flexibility index (Phi) is 13.5. The highest BCUT2D eigenvalue weighted by molar-refractivity contribution is 6.15. The summed E-state index contributed by atoms with van der Waals surface area (Å²) in [6.45, 7) is 0. The maximum atomic E-state index is 9.16. The van der Waals surface area contributed by atoms with Gasteiger partial charge in [-0.05, 0) is 155 Å². The molecule has 0 spiro atoms. The van der Waals surface area contributed by atoms with Gasteiger partial charge in [-0.2, -0.15) is 5.26 Å². The van der Waals surface area contributed by atoms with Gasteiger partial charge in [0, 0.05) is 71.3 Å². The molecule has 0 saturated carbocycles. The molecule has 0 aliphatic carbocycles. The Labute approximate surface area is 553 Å². The third-order valence-corrected chi connectivity index (χ3v) is 18.9. The molecule has 7 heteroatoms. The molecular weight excluding hydrogens is 1170 g/mol. The first kappa shape index (κ1) is 55.7. The lowest BCUT2D eigenvalue weighted by atomic mass is 10.0. The smallest absolute Gasteiger partial charge is 0.235 e. The average Bonchev–Trinajstić information content (AvgIpc) is 1.61. The predicted molar refractivity (Wildman–Crippen MR) is 398 cm³/mol. The second-order valence-electron chi connectivity index (χ2n) is 24.4. The molecule has 0 amide bonds. The van der Waals surface area contributed by atoms with Crippen molar-refractivity contribution in [3.8, 4) is 85.0 Å². The molecule has 19 aromatic rings. The quantitative estimate of drug-likeness (QED) is 0.145. The van der Waals surface area contributed by atoms with Crippen molar-refractivity contribution in [1.82, 2.24) is 28.2 Å². The van der Waals surface area contributed by atoms with Crippen molar-refractivity contribution in [2.45, 2.75) is 0 Å². The highest BCUT2D eigenvalue weighted by Gasteiger charge is 2.21. The molecule has 0 aliphatic heterocycles. The van der Waals surface area contributed by atoms with E-state index in [1.165, 1.54) is 93.0 Å². The summed E-state index contributed by atoms with van der Waals surface area (Å²) in [6.07, 6.45) is 0. The zero-order chi connectivity index (χ0) is 63.6. The molecule has 14 aromatic carbocycles. The lowest BCUT2D eigenvalue weighted by molar-refractivity contribution is 0.996. The van der Waals surface area contributed by atoms with Gasteiger partial charge in [-0.1, -0.05) is 224 Å². The summed E-state index contributed by atoms with van der Waals surface area (Å²) < 4.78 is 9.30. The summed E-state index contributed by atoms with van der Waals surface area (Å²) >= 11 is 0. The molecule has 0 aliphatic rings. The maximum absolute atomic E-state index is 9.16. The van der Waals surface area contributed by atoms with E-state index in [1.54, 1.807) is 0 Å². The first-order chi connectivity index (χ1) is 47.6. The van der Waals surface area contributed by atoms with Crippen LogP contribution in [0.15, 0.2) is 346 Å². The molecule has 0 saturated heterocycles. The van der Waals surface area contributed by atoms with E-state index in [1.807, 2.05) is 36.4 Å². The van der Waals surface area contributed by atoms with Crippen LogP contribution in [0.2, 0.25) is 0 Å². The fraction of sp³-hybridized carbons (Fsp3) is 0. The summed E-state index contributed by atoms with van der Waals surface area (Å²) in [5.74, 6) is 0.648. The van der Waals surface area contributed by atoms with Gasteiger partial charge in [0.1, 0.15) is 0 Å². The number of hydrogen-bond donors (Lipinski definition) is 0. The van der Waals surface area contributed by atoms with Gasteiger partial charge in [0.25, 0.3) is 0 Å². The summed E-state index contributed by atoms with van der Waals surface area (Å²) in [6, 6.07) is 125. The summed E-state index contributed by atoms with van der Waals surface area (Å²) in [4.78, 5) is 10.5. The summed E-state index contributed by atoms with van der Waals surface area (Å²) in [5.41, 5.74) is 24.2. The van der Waals surface area contributed by atoms with Crippen molar-refractivity contribution in [3.05, 3.63) is 351 Å². The SMILES string of the molecule is N#Cc1ccc(-c2ccc(-n3c4ccccc4c4cc(-c5ccc6c(c5)c5ccccc5n6-c5ccccc5)ccc43)cc2)cc1.c1ccc(-c2cc(-c3ccccc3)nc(-n3c4ccccc4c4ccc(-c5ccc6c(c5)c5ccccc5n6-c5ccccc5)cc43)n2)cc1. The number of para-hydroxylation sites is 6. The van der Waals surface area contributed by atoms with Crippen LogP contribution in [-0.2, 0) is 0 Å². The highest BCUT2D eigenvalue weighted by atomic mass is 15.2. The number of benzene rings is 14. The van der Waals surface area contributed by atoms with Crippen molar-refractivity contribution in [2.75, 3.05) is 0 Å². The number of rotatable bonds is 9. The van der Waals surface area contributed by atoms with Gasteiger partial charge in [0.15, 0.2) is 0 Å². The van der Waals surface area contributed by atoms with E-state index in [4.69, 9.17) is 15.2 Å². The van der Waals surface area contributed by atoms with E-state index in [0.717, 1.165) is 67.2 Å². The lowest BCUT2D eigenvalue weighted by Crippen LogP contribution is -2.04. The van der Waals surface area contributed by atoms with Crippen LogP contribution in [0.3, 0.4) is 0 Å². The minimum absolute atomic E-state index is 0.648. The third kappa shape index (κ3) is 9.51. The molecule has 0 radical (unpaired) electrons. The van der Waals surface area contributed by atoms with Crippen LogP contribution in [-0.4, -0.2) is 28.2 Å². The van der Waals surface area contributed by atoms with Gasteiger partial charge in [-0.25, -0.2) is 9.97 Å². The minimum atomic E-state index is 0.648. The van der Waals surface area contributed by atoms with E-state index in [2.05, 4.69) is 334 Å². The largest absolute Gasteiger partial charge is 0.309 e. The fourth-order valence-corrected chi connectivity index (χ4v) is 14.4. The van der Waals surface area contributed by atoms with E-state index >= 15 is 0 Å². The van der Waals surface area contributed by atoms with Crippen molar-refractivity contribution in [1.29, 1.82) is 5.26 Å². The molecule has 0 fully saturated rings. The normalized spacial score (nSPS) is 11.5. The molecular formula is C89H57N7. The first-order valence-electron chi connectivity index (χ1n) is 32.4. The maximum Gasteiger partial charge on any atom is 0.235 e. The molecule has 96 heavy (non-hydrogen) atoms. The Morgan fingerprint density at radius 1 is 0.208 bits per heavy atom.